The molecule has 0 amide bonds. The normalized spacial score (nSPS) is 11.6. The highest BCUT2D eigenvalue weighted by molar-refractivity contribution is 5.17. The van der Waals surface area contributed by atoms with Gasteiger partial charge in [0, 0.05) is 18.0 Å². The lowest BCUT2D eigenvalue weighted by atomic mass is 10.1. The van der Waals surface area contributed by atoms with Crippen LogP contribution >= 0.6 is 0 Å². The van der Waals surface area contributed by atoms with Gasteiger partial charge in [-0.2, -0.15) is 13.2 Å². The maximum absolute atomic E-state index is 12.3. The van der Waals surface area contributed by atoms with Crippen molar-refractivity contribution in [2.24, 2.45) is 0 Å². The van der Waals surface area contributed by atoms with Crippen LogP contribution in [0.3, 0.4) is 0 Å². The summed E-state index contributed by atoms with van der Waals surface area (Å²) in [5, 5.41) is 12.8. The van der Waals surface area contributed by atoms with Crippen LogP contribution in [-0.2, 0) is 19.0 Å². The summed E-state index contributed by atoms with van der Waals surface area (Å²) < 4.78 is 37.0. The summed E-state index contributed by atoms with van der Waals surface area (Å²) in [5.41, 5.74) is -0.485. The number of hydrogen-bond donors (Lipinski definition) is 1. The molecule has 0 bridgehead atoms. The lowest BCUT2D eigenvalue weighted by molar-refractivity contribution is -0.137. The number of rotatable bonds is 3. The molecule has 20 heavy (non-hydrogen) atoms. The van der Waals surface area contributed by atoms with Gasteiger partial charge in [0.2, 0.25) is 5.43 Å². The first-order chi connectivity index (χ1) is 9.36. The molecule has 106 valence electrons. The number of pyridine rings is 1. The third-order valence-corrected chi connectivity index (χ3v) is 2.65. The fourth-order valence-corrected chi connectivity index (χ4v) is 1.61. The molecule has 0 unspecified atom stereocenters. The SMILES string of the molecule is O=c1cnn(O)c(CCc2ccc(C(F)(F)F)cn2)c1. The number of hydrogen-bond acceptors (Lipinski definition) is 4. The van der Waals surface area contributed by atoms with Crippen LogP contribution in [0.25, 0.3) is 0 Å². The average Bonchev–Trinajstić information content (AvgIpc) is 2.39. The Kier molecular flexibility index (Phi) is 3.73. The fourth-order valence-electron chi connectivity index (χ4n) is 1.61. The fraction of sp³-hybridized carbons (Fsp3) is 0.250. The van der Waals surface area contributed by atoms with Gasteiger partial charge in [-0.15, -0.1) is 9.94 Å². The van der Waals surface area contributed by atoms with E-state index >= 15 is 0 Å². The number of alkyl halides is 3. The first kappa shape index (κ1) is 14.0. The van der Waals surface area contributed by atoms with E-state index in [-0.39, 0.29) is 24.0 Å². The van der Waals surface area contributed by atoms with E-state index in [0.29, 0.717) is 10.5 Å². The molecule has 0 spiro atoms. The van der Waals surface area contributed by atoms with Gasteiger partial charge in [-0.05, 0) is 25.0 Å². The predicted octanol–water partition coefficient (Wildman–Crippen LogP) is 1.68. The van der Waals surface area contributed by atoms with Crippen LogP contribution < -0.4 is 5.43 Å². The largest absolute Gasteiger partial charge is 0.417 e. The molecule has 0 radical (unpaired) electrons. The van der Waals surface area contributed by atoms with Gasteiger partial charge < -0.3 is 5.21 Å². The molecule has 2 aromatic rings. The van der Waals surface area contributed by atoms with Crippen LogP contribution in [0, 0.1) is 0 Å². The van der Waals surface area contributed by atoms with E-state index in [9.17, 15) is 23.2 Å². The molecule has 1 N–H and O–H groups in total. The van der Waals surface area contributed by atoms with Crippen molar-refractivity contribution in [1.29, 1.82) is 0 Å². The number of aryl methyl sites for hydroxylation is 2. The summed E-state index contributed by atoms with van der Waals surface area (Å²) in [4.78, 5) is 15.3. The summed E-state index contributed by atoms with van der Waals surface area (Å²) >= 11 is 0. The van der Waals surface area contributed by atoms with Gasteiger partial charge in [-0.3, -0.25) is 9.78 Å². The summed E-state index contributed by atoms with van der Waals surface area (Å²) in [5.74, 6) is 0. The third-order valence-electron chi connectivity index (χ3n) is 2.65. The molecule has 0 aliphatic heterocycles. The number of halogens is 3. The Bertz CT molecular complexity index is 650. The first-order valence-electron chi connectivity index (χ1n) is 5.66. The van der Waals surface area contributed by atoms with Gasteiger partial charge in [-0.25, -0.2) is 0 Å². The van der Waals surface area contributed by atoms with Gasteiger partial charge in [-0.1, -0.05) is 0 Å². The minimum Gasteiger partial charge on any atom is -0.411 e. The zero-order valence-electron chi connectivity index (χ0n) is 10.1. The molecule has 0 aliphatic rings. The Hall–Kier alpha value is -2.38. The van der Waals surface area contributed by atoms with E-state index in [0.717, 1.165) is 18.5 Å². The van der Waals surface area contributed by atoms with E-state index in [2.05, 4.69) is 10.1 Å². The topological polar surface area (TPSA) is 68.0 Å². The second kappa shape index (κ2) is 5.32. The number of aromatic nitrogens is 3. The van der Waals surface area contributed by atoms with E-state index in [1.807, 2.05) is 0 Å². The molecule has 0 atom stereocenters. The molecule has 0 fully saturated rings. The smallest absolute Gasteiger partial charge is 0.411 e. The van der Waals surface area contributed by atoms with Gasteiger partial charge in [0.05, 0.1) is 17.5 Å². The highest BCUT2D eigenvalue weighted by Gasteiger charge is 2.30. The first-order valence-corrected chi connectivity index (χ1v) is 5.66. The second-order valence-electron chi connectivity index (χ2n) is 4.11. The van der Waals surface area contributed by atoms with E-state index in [1.54, 1.807) is 0 Å². The second-order valence-corrected chi connectivity index (χ2v) is 4.11. The van der Waals surface area contributed by atoms with Crippen LogP contribution in [0.2, 0.25) is 0 Å². The Morgan fingerprint density at radius 2 is 1.95 bits per heavy atom. The molecule has 2 aromatic heterocycles. The van der Waals surface area contributed by atoms with Crippen molar-refractivity contribution < 1.29 is 18.4 Å². The molecule has 0 aromatic carbocycles. The Labute approximate surface area is 111 Å². The lowest BCUT2D eigenvalue weighted by Gasteiger charge is -2.07. The minimum absolute atomic E-state index is 0.234. The lowest BCUT2D eigenvalue weighted by Crippen LogP contribution is -2.14. The monoisotopic (exact) mass is 285 g/mol. The maximum Gasteiger partial charge on any atom is 0.417 e. The molecular weight excluding hydrogens is 275 g/mol. The molecule has 5 nitrogen and oxygen atoms in total. The zero-order chi connectivity index (χ0) is 14.8. The highest BCUT2D eigenvalue weighted by atomic mass is 19.4. The van der Waals surface area contributed by atoms with Crippen LogP contribution in [0.1, 0.15) is 17.0 Å². The maximum atomic E-state index is 12.3. The summed E-state index contributed by atoms with van der Waals surface area (Å²) in [6, 6.07) is 3.41. The van der Waals surface area contributed by atoms with E-state index in [4.69, 9.17) is 0 Å². The molecule has 0 saturated heterocycles. The Morgan fingerprint density at radius 1 is 1.20 bits per heavy atom. The Morgan fingerprint density at radius 3 is 2.55 bits per heavy atom. The molecule has 2 rings (SSSR count). The molecule has 0 aliphatic carbocycles. The Balaban J connectivity index is 2.08. The molecular formula is C12H10F3N3O2. The molecule has 8 heteroatoms. The average molecular weight is 285 g/mol. The minimum atomic E-state index is -4.42. The van der Waals surface area contributed by atoms with Crippen molar-refractivity contribution in [3.05, 3.63) is 57.8 Å². The summed E-state index contributed by atoms with van der Waals surface area (Å²) in [6.07, 6.45) is -2.19. The van der Waals surface area contributed by atoms with Crippen LogP contribution in [0.15, 0.2) is 35.4 Å². The standard InChI is InChI=1S/C12H10F3N3O2/c13-12(14,15)8-1-2-9(16-6-8)3-4-10-5-11(19)7-17-18(10)20/h1-2,5-7,20H,3-4H2. The van der Waals surface area contributed by atoms with E-state index < -0.39 is 11.7 Å². The van der Waals surface area contributed by atoms with Crippen LogP contribution in [-0.4, -0.2) is 20.1 Å². The van der Waals surface area contributed by atoms with Crippen molar-refractivity contribution in [3.8, 4) is 0 Å². The van der Waals surface area contributed by atoms with Crippen molar-refractivity contribution >= 4 is 0 Å². The molecule has 2 heterocycles. The van der Waals surface area contributed by atoms with Gasteiger partial charge in [0.25, 0.3) is 0 Å². The number of nitrogens with zero attached hydrogens (tertiary/aromatic N) is 3. The third kappa shape index (κ3) is 3.34. The highest BCUT2D eigenvalue weighted by Crippen LogP contribution is 2.28. The van der Waals surface area contributed by atoms with Crippen LogP contribution in [0.4, 0.5) is 13.2 Å². The van der Waals surface area contributed by atoms with Crippen molar-refractivity contribution in [2.75, 3.05) is 0 Å². The van der Waals surface area contributed by atoms with Crippen LogP contribution in [0.5, 0.6) is 0 Å². The van der Waals surface area contributed by atoms with Crippen molar-refractivity contribution in [2.45, 2.75) is 19.0 Å². The van der Waals surface area contributed by atoms with Gasteiger partial charge >= 0.3 is 6.18 Å². The summed E-state index contributed by atoms with van der Waals surface area (Å²) in [6.45, 7) is 0. The van der Waals surface area contributed by atoms with E-state index in [1.165, 1.54) is 12.1 Å². The quantitative estimate of drug-likeness (QED) is 0.871. The van der Waals surface area contributed by atoms with Crippen molar-refractivity contribution in [3.63, 3.8) is 0 Å². The molecule has 0 saturated carbocycles. The van der Waals surface area contributed by atoms with Gasteiger partial charge in [0.15, 0.2) is 0 Å². The summed E-state index contributed by atoms with van der Waals surface area (Å²) in [7, 11) is 0. The van der Waals surface area contributed by atoms with Crippen molar-refractivity contribution in [1.82, 2.24) is 14.9 Å². The van der Waals surface area contributed by atoms with Gasteiger partial charge in [0.1, 0.15) is 0 Å². The zero-order valence-corrected chi connectivity index (χ0v) is 10.1. The predicted molar refractivity (Wildman–Crippen MR) is 62.3 cm³/mol.